The van der Waals surface area contributed by atoms with E-state index in [1.165, 1.54) is 4.31 Å². The number of nitrogens with zero attached hydrogens (tertiary/aromatic N) is 1. The third kappa shape index (κ3) is 3.83. The van der Waals surface area contributed by atoms with Gasteiger partial charge in [-0.05, 0) is 38.8 Å². The van der Waals surface area contributed by atoms with E-state index in [1.54, 1.807) is 30.3 Å². The number of hydrogen-bond acceptors (Lipinski definition) is 3. The summed E-state index contributed by atoms with van der Waals surface area (Å²) < 4.78 is 26.4. The summed E-state index contributed by atoms with van der Waals surface area (Å²) in [5, 5.41) is 2.89. The topological polar surface area (TPSA) is 66.5 Å². The first-order valence-electron chi connectivity index (χ1n) is 7.27. The summed E-state index contributed by atoms with van der Waals surface area (Å²) in [6, 6.07) is 8.55. The minimum atomic E-state index is -3.43. The fourth-order valence-corrected chi connectivity index (χ4v) is 3.99. The molecule has 1 fully saturated rings. The Morgan fingerprint density at radius 2 is 1.76 bits per heavy atom. The monoisotopic (exact) mass is 310 g/mol. The van der Waals surface area contributed by atoms with Crippen LogP contribution in [-0.4, -0.2) is 37.8 Å². The van der Waals surface area contributed by atoms with E-state index in [4.69, 9.17) is 0 Å². The predicted octanol–water partition coefficient (Wildman–Crippen LogP) is 1.61. The predicted molar refractivity (Wildman–Crippen MR) is 81.2 cm³/mol. The summed E-state index contributed by atoms with van der Waals surface area (Å²) in [7, 11) is -3.43. The molecule has 0 spiro atoms. The molecule has 0 atom stereocenters. The van der Waals surface area contributed by atoms with Crippen molar-refractivity contribution in [3.63, 3.8) is 0 Å². The van der Waals surface area contributed by atoms with E-state index in [0.717, 1.165) is 0 Å². The van der Waals surface area contributed by atoms with Crippen molar-refractivity contribution >= 4 is 15.9 Å². The number of hydrogen-bond donors (Lipinski definition) is 1. The molecule has 1 N–H and O–H groups in total. The van der Waals surface area contributed by atoms with Crippen molar-refractivity contribution in [2.75, 3.05) is 13.1 Å². The molecule has 1 saturated heterocycles. The maximum absolute atomic E-state index is 12.5. The zero-order valence-electron chi connectivity index (χ0n) is 12.5. The SMILES string of the molecule is CC(C)NC(=O)C1CCN(S(=O)(=O)c2ccccc2)CC1. The largest absolute Gasteiger partial charge is 0.354 e. The first-order valence-corrected chi connectivity index (χ1v) is 8.71. The van der Waals surface area contributed by atoms with Gasteiger partial charge in [-0.25, -0.2) is 8.42 Å². The van der Waals surface area contributed by atoms with Crippen molar-refractivity contribution in [1.82, 2.24) is 9.62 Å². The molecule has 0 aromatic heterocycles. The van der Waals surface area contributed by atoms with Crippen LogP contribution in [-0.2, 0) is 14.8 Å². The Morgan fingerprint density at radius 1 is 1.19 bits per heavy atom. The second-order valence-electron chi connectivity index (χ2n) is 5.65. The van der Waals surface area contributed by atoms with Crippen molar-refractivity contribution in [2.24, 2.45) is 5.92 Å². The van der Waals surface area contributed by atoms with Gasteiger partial charge in [0.25, 0.3) is 0 Å². The fraction of sp³-hybridized carbons (Fsp3) is 0.533. The van der Waals surface area contributed by atoms with Crippen LogP contribution in [0.2, 0.25) is 0 Å². The van der Waals surface area contributed by atoms with Crippen LogP contribution in [0.5, 0.6) is 0 Å². The molecule has 1 aromatic carbocycles. The standard InChI is InChI=1S/C15H22N2O3S/c1-12(2)16-15(18)13-8-10-17(11-9-13)21(19,20)14-6-4-3-5-7-14/h3-7,12-13H,8-11H2,1-2H3,(H,16,18). The van der Waals surface area contributed by atoms with Crippen LogP contribution < -0.4 is 5.32 Å². The number of rotatable bonds is 4. The highest BCUT2D eigenvalue weighted by molar-refractivity contribution is 7.89. The van der Waals surface area contributed by atoms with Crippen LogP contribution in [0.25, 0.3) is 0 Å². The molecule has 2 rings (SSSR count). The van der Waals surface area contributed by atoms with Crippen LogP contribution in [0.3, 0.4) is 0 Å². The molecule has 1 aliphatic rings. The summed E-state index contributed by atoms with van der Waals surface area (Å²) in [6.07, 6.45) is 1.15. The van der Waals surface area contributed by atoms with Crippen LogP contribution in [0, 0.1) is 5.92 Å². The van der Waals surface area contributed by atoms with Crippen LogP contribution in [0.1, 0.15) is 26.7 Å². The Hall–Kier alpha value is -1.40. The average Bonchev–Trinajstić information content (AvgIpc) is 2.47. The highest BCUT2D eigenvalue weighted by Crippen LogP contribution is 2.23. The molecule has 0 aliphatic carbocycles. The third-order valence-corrected chi connectivity index (χ3v) is 5.55. The molecule has 0 saturated carbocycles. The van der Waals surface area contributed by atoms with Gasteiger partial charge in [0.2, 0.25) is 15.9 Å². The summed E-state index contributed by atoms with van der Waals surface area (Å²) >= 11 is 0. The Kier molecular flexibility index (Phi) is 5.00. The summed E-state index contributed by atoms with van der Waals surface area (Å²) in [5.41, 5.74) is 0. The molecule has 21 heavy (non-hydrogen) atoms. The molecule has 0 radical (unpaired) electrons. The Labute approximate surface area is 126 Å². The number of carbonyl (C=O) groups excluding carboxylic acids is 1. The first-order chi connectivity index (χ1) is 9.91. The maximum atomic E-state index is 12.5. The Bertz CT molecular complexity index is 576. The second-order valence-corrected chi connectivity index (χ2v) is 7.59. The summed E-state index contributed by atoms with van der Waals surface area (Å²) in [5.74, 6) is -0.0589. The van der Waals surface area contributed by atoms with Gasteiger partial charge in [-0.15, -0.1) is 0 Å². The van der Waals surface area contributed by atoms with Crippen molar-refractivity contribution in [3.8, 4) is 0 Å². The van der Waals surface area contributed by atoms with Crippen molar-refractivity contribution < 1.29 is 13.2 Å². The number of nitrogens with one attached hydrogen (secondary N) is 1. The Morgan fingerprint density at radius 3 is 2.29 bits per heavy atom. The fourth-order valence-electron chi connectivity index (χ4n) is 2.50. The molecule has 0 unspecified atom stereocenters. The van der Waals surface area contributed by atoms with Gasteiger partial charge in [-0.1, -0.05) is 18.2 Å². The molecule has 1 aromatic rings. The van der Waals surface area contributed by atoms with Gasteiger partial charge in [-0.2, -0.15) is 4.31 Å². The average molecular weight is 310 g/mol. The number of carbonyl (C=O) groups is 1. The normalized spacial score (nSPS) is 17.9. The van der Waals surface area contributed by atoms with E-state index in [2.05, 4.69) is 5.32 Å². The zero-order chi connectivity index (χ0) is 15.5. The lowest BCUT2D eigenvalue weighted by Crippen LogP contribution is -2.44. The van der Waals surface area contributed by atoms with Crippen LogP contribution in [0.15, 0.2) is 35.2 Å². The molecule has 1 amide bonds. The molecule has 6 heteroatoms. The van der Waals surface area contributed by atoms with Crippen molar-refractivity contribution in [2.45, 2.75) is 37.6 Å². The zero-order valence-corrected chi connectivity index (χ0v) is 13.3. The van der Waals surface area contributed by atoms with E-state index in [1.807, 2.05) is 13.8 Å². The summed E-state index contributed by atoms with van der Waals surface area (Å²) in [6.45, 7) is 4.64. The van der Waals surface area contributed by atoms with Gasteiger partial charge in [0.15, 0.2) is 0 Å². The van der Waals surface area contributed by atoms with Gasteiger partial charge >= 0.3 is 0 Å². The van der Waals surface area contributed by atoms with Crippen molar-refractivity contribution in [1.29, 1.82) is 0 Å². The molecule has 5 nitrogen and oxygen atoms in total. The smallest absolute Gasteiger partial charge is 0.243 e. The van der Waals surface area contributed by atoms with E-state index >= 15 is 0 Å². The van der Waals surface area contributed by atoms with Crippen LogP contribution in [0.4, 0.5) is 0 Å². The van der Waals surface area contributed by atoms with Crippen molar-refractivity contribution in [3.05, 3.63) is 30.3 Å². The number of piperidine rings is 1. The third-order valence-electron chi connectivity index (χ3n) is 3.64. The summed E-state index contributed by atoms with van der Waals surface area (Å²) in [4.78, 5) is 12.3. The number of amides is 1. The number of benzene rings is 1. The minimum Gasteiger partial charge on any atom is -0.354 e. The van der Waals surface area contributed by atoms with E-state index in [-0.39, 0.29) is 17.9 Å². The first kappa shape index (κ1) is 16.0. The molecular weight excluding hydrogens is 288 g/mol. The van der Waals surface area contributed by atoms with Gasteiger partial charge in [0.05, 0.1) is 4.90 Å². The van der Waals surface area contributed by atoms with Gasteiger partial charge in [0.1, 0.15) is 0 Å². The van der Waals surface area contributed by atoms with Gasteiger partial charge in [0, 0.05) is 25.0 Å². The van der Waals surface area contributed by atoms with E-state index in [0.29, 0.717) is 30.8 Å². The quantitative estimate of drug-likeness (QED) is 0.919. The highest BCUT2D eigenvalue weighted by atomic mass is 32.2. The van der Waals surface area contributed by atoms with Crippen LogP contribution >= 0.6 is 0 Å². The minimum absolute atomic E-state index is 0.0294. The molecular formula is C15H22N2O3S. The second kappa shape index (κ2) is 6.58. The van der Waals surface area contributed by atoms with E-state index < -0.39 is 10.0 Å². The molecule has 1 aliphatic heterocycles. The number of sulfonamides is 1. The maximum Gasteiger partial charge on any atom is 0.243 e. The highest BCUT2D eigenvalue weighted by Gasteiger charge is 2.31. The lowest BCUT2D eigenvalue weighted by Gasteiger charge is -2.30. The Balaban J connectivity index is 2.00. The van der Waals surface area contributed by atoms with E-state index in [9.17, 15) is 13.2 Å². The lowest BCUT2D eigenvalue weighted by atomic mass is 9.97. The van der Waals surface area contributed by atoms with Gasteiger partial charge in [-0.3, -0.25) is 4.79 Å². The molecule has 116 valence electrons. The molecule has 0 bridgehead atoms. The lowest BCUT2D eigenvalue weighted by molar-refractivity contribution is -0.126. The van der Waals surface area contributed by atoms with Gasteiger partial charge < -0.3 is 5.32 Å². The molecule has 1 heterocycles.